The molecule has 0 unspecified atom stereocenters. The van der Waals surface area contributed by atoms with Crippen LogP contribution in [0.2, 0.25) is 0 Å². The first-order chi connectivity index (χ1) is 24.3. The van der Waals surface area contributed by atoms with E-state index in [2.05, 4.69) is 54.3 Å². The second-order valence-electron chi connectivity index (χ2n) is 9.99. The molecule has 1 rings (SSSR count). The zero-order valence-electron chi connectivity index (χ0n) is 33.8. The summed E-state index contributed by atoms with van der Waals surface area (Å²) < 4.78 is 0. The van der Waals surface area contributed by atoms with E-state index >= 15 is 0 Å². The Kier molecular flexibility index (Phi) is 45.9. The second kappa shape index (κ2) is 41.1. The van der Waals surface area contributed by atoms with Gasteiger partial charge >= 0.3 is 11.9 Å². The van der Waals surface area contributed by atoms with Crippen LogP contribution >= 0.6 is 12.6 Å². The van der Waals surface area contributed by atoms with E-state index in [1.54, 1.807) is 24.9 Å². The average Bonchev–Trinajstić information content (AvgIpc) is 3.12. The molecule has 15 heteroatoms. The van der Waals surface area contributed by atoms with Crippen LogP contribution < -0.4 is 22.0 Å². The lowest BCUT2D eigenvalue weighted by Crippen LogP contribution is -2.49. The molecule has 0 aliphatic heterocycles. The van der Waals surface area contributed by atoms with Gasteiger partial charge < -0.3 is 31.9 Å². The highest BCUT2D eigenvalue weighted by Crippen LogP contribution is 2.16. The number of hydrogen-bond donors (Lipinski definition) is 8. The molecule has 51 heavy (non-hydrogen) atoms. The molecule has 0 saturated heterocycles. The molecule has 1 aromatic carbocycles. The summed E-state index contributed by atoms with van der Waals surface area (Å²) >= 11 is 4.51. The Bertz CT molecular complexity index is 1040. The lowest BCUT2D eigenvalue weighted by Gasteiger charge is -2.32. The zero-order valence-corrected chi connectivity index (χ0v) is 34.7. The number of nitrogens with two attached hydrogens (primary N) is 1. The summed E-state index contributed by atoms with van der Waals surface area (Å²) in [6, 6.07) is 5.46. The van der Waals surface area contributed by atoms with Crippen LogP contribution in [-0.2, 0) is 20.9 Å². The van der Waals surface area contributed by atoms with Gasteiger partial charge in [-0.15, -0.1) is 12.6 Å². The first-order valence-electron chi connectivity index (χ1n) is 18.1. The van der Waals surface area contributed by atoms with E-state index in [9.17, 15) is 24.6 Å². The first-order valence-corrected chi connectivity index (χ1v) is 18.5. The van der Waals surface area contributed by atoms with Gasteiger partial charge in [0.25, 0.3) is 0 Å². The summed E-state index contributed by atoms with van der Waals surface area (Å²) in [7, 11) is 1.70. The first kappa shape index (κ1) is 57.0. The molecule has 0 saturated carbocycles. The van der Waals surface area contributed by atoms with Crippen molar-refractivity contribution in [1.29, 1.82) is 0 Å². The van der Waals surface area contributed by atoms with Gasteiger partial charge in [-0.25, -0.2) is 5.43 Å². The number of hydrogen-bond acceptors (Lipinski definition) is 11. The molecule has 1 amide bonds. The van der Waals surface area contributed by atoms with Crippen molar-refractivity contribution in [2.24, 2.45) is 10.9 Å². The molecule has 1 aromatic rings. The highest BCUT2D eigenvalue weighted by atomic mass is 32.1. The number of nitrogens with zero attached hydrogens (tertiary/aromatic N) is 4. The van der Waals surface area contributed by atoms with Crippen LogP contribution in [-0.4, -0.2) is 107 Å². The molecule has 0 heterocycles. The summed E-state index contributed by atoms with van der Waals surface area (Å²) in [5.74, 6) is 3.97. The Morgan fingerprint density at radius 2 is 1.35 bits per heavy atom. The summed E-state index contributed by atoms with van der Waals surface area (Å²) in [6.45, 7) is 27.7. The fraction of sp³-hybridized carbons (Fsp3) is 0.667. The van der Waals surface area contributed by atoms with Gasteiger partial charge in [0.2, 0.25) is 5.91 Å². The van der Waals surface area contributed by atoms with E-state index in [4.69, 9.17) is 10.9 Å². The molecule has 300 valence electrons. The number of carboxylic acids is 2. The van der Waals surface area contributed by atoms with Gasteiger partial charge in [0.05, 0.1) is 38.7 Å². The van der Waals surface area contributed by atoms with Crippen LogP contribution in [0.4, 0.5) is 0 Å². The van der Waals surface area contributed by atoms with Crippen molar-refractivity contribution in [2.75, 3.05) is 53.1 Å². The predicted molar refractivity (Wildman–Crippen MR) is 216 cm³/mol. The molecular weight excluding hydrogens is 673 g/mol. The van der Waals surface area contributed by atoms with E-state index in [0.29, 0.717) is 30.5 Å². The fourth-order valence-electron chi connectivity index (χ4n) is 3.55. The van der Waals surface area contributed by atoms with Crippen molar-refractivity contribution >= 4 is 36.3 Å². The third kappa shape index (κ3) is 34.8. The number of carboxylic acid groups (broad SMARTS) is 2. The number of benzene rings is 1. The SMILES string of the molecule is C=C(O)CN(CCC)CN(CC(=O)O)CN(CC)CC(=O)NCc1ccc(/C(=N/N)NNC)cc1S.CC.CC.CC.CCC(=O)O.CCCC. The van der Waals surface area contributed by atoms with Crippen LogP contribution in [0.15, 0.2) is 40.5 Å². The van der Waals surface area contributed by atoms with Crippen LogP contribution in [0.25, 0.3) is 0 Å². The van der Waals surface area contributed by atoms with E-state index in [1.807, 2.05) is 77.3 Å². The third-order valence-electron chi connectivity index (χ3n) is 5.93. The number of carbonyl (C=O) groups is 3. The number of amidine groups is 1. The lowest BCUT2D eigenvalue weighted by atomic mass is 10.1. The van der Waals surface area contributed by atoms with Crippen molar-refractivity contribution < 1.29 is 29.7 Å². The Hall–Kier alpha value is -3.37. The lowest BCUT2D eigenvalue weighted by molar-refractivity contribution is -0.140. The van der Waals surface area contributed by atoms with Crippen molar-refractivity contribution in [2.45, 2.75) is 113 Å². The molecule has 0 spiro atoms. The molecule has 0 radical (unpaired) electrons. The molecule has 0 aliphatic carbocycles. The van der Waals surface area contributed by atoms with Crippen LogP contribution in [0.1, 0.15) is 113 Å². The minimum absolute atomic E-state index is 0.0203. The standard InChI is InChI=1S/C23H40N8O4S.C4H10.C3H6O2.3C2H6/c1-5-9-30(12-17(3)32)16-31(14-22(34)35)15-29(6-2)13-21(33)26-11-19-8-7-18(10-20(19)36)23(27-24)28-25-4;1-3-4-2;1-2-3(4)5;3*1-2/h7-8,10,25,32,36H,3,5-6,9,11-16,24H2,1-2,4H3,(H,26,33)(H,27,28)(H,34,35);3-4H2,1-2H3;2H2,1H3,(H,4,5);3*1-2H3. The van der Waals surface area contributed by atoms with E-state index in [0.717, 1.165) is 17.5 Å². The van der Waals surface area contributed by atoms with E-state index in [-0.39, 0.29) is 50.9 Å². The number of thiol groups is 1. The fourth-order valence-corrected chi connectivity index (χ4v) is 3.84. The Morgan fingerprint density at radius 1 is 0.824 bits per heavy atom. The average molecular weight is 747 g/mol. The normalized spacial score (nSPS) is 10.0. The number of aliphatic carboxylic acids is 2. The predicted octanol–water partition coefficient (Wildman–Crippen LogP) is 5.71. The number of amides is 1. The maximum atomic E-state index is 12.7. The monoisotopic (exact) mass is 747 g/mol. The number of nitrogens with one attached hydrogen (secondary N) is 3. The van der Waals surface area contributed by atoms with Crippen LogP contribution in [0.5, 0.6) is 0 Å². The van der Waals surface area contributed by atoms with Gasteiger partial charge in [0.15, 0.2) is 5.84 Å². The summed E-state index contributed by atoms with van der Waals surface area (Å²) in [6.07, 6.45) is 3.70. The Morgan fingerprint density at radius 3 is 1.73 bits per heavy atom. The third-order valence-corrected chi connectivity index (χ3v) is 6.35. The number of rotatable bonds is 19. The molecule has 14 nitrogen and oxygen atoms in total. The molecule has 0 aromatic heterocycles. The molecule has 0 aliphatic rings. The molecular formula is C36H74N8O6S. The molecule has 0 fully saturated rings. The van der Waals surface area contributed by atoms with Crippen molar-refractivity contribution in [1.82, 2.24) is 30.9 Å². The van der Waals surface area contributed by atoms with Gasteiger partial charge in [0, 0.05) is 30.5 Å². The number of hydrazone groups is 1. The van der Waals surface area contributed by atoms with Crippen LogP contribution in [0.3, 0.4) is 0 Å². The van der Waals surface area contributed by atoms with Crippen molar-refractivity contribution in [3.05, 3.63) is 41.7 Å². The maximum Gasteiger partial charge on any atom is 0.317 e. The highest BCUT2D eigenvalue weighted by Gasteiger charge is 2.19. The zero-order chi connectivity index (χ0) is 40.8. The topological polar surface area (TPSA) is 196 Å². The van der Waals surface area contributed by atoms with Gasteiger partial charge in [-0.1, -0.05) is 108 Å². The Balaban J connectivity index is -0.000000401. The van der Waals surface area contributed by atoms with Gasteiger partial charge in [0.1, 0.15) is 0 Å². The van der Waals surface area contributed by atoms with Gasteiger partial charge in [-0.3, -0.25) is 29.1 Å². The van der Waals surface area contributed by atoms with E-state index in [1.165, 1.54) is 12.8 Å². The largest absolute Gasteiger partial charge is 0.512 e. The highest BCUT2D eigenvalue weighted by molar-refractivity contribution is 7.80. The van der Waals surface area contributed by atoms with Crippen molar-refractivity contribution in [3.8, 4) is 0 Å². The van der Waals surface area contributed by atoms with E-state index < -0.39 is 11.9 Å². The quantitative estimate of drug-likeness (QED) is 0.0164. The Labute approximate surface area is 315 Å². The molecule has 8 N–H and O–H groups in total. The number of carbonyl (C=O) groups excluding carboxylic acids is 1. The number of likely N-dealkylation sites (N-methyl/N-ethyl adjacent to an activating group) is 1. The van der Waals surface area contributed by atoms with Crippen molar-refractivity contribution in [3.63, 3.8) is 0 Å². The summed E-state index contributed by atoms with van der Waals surface area (Å²) in [5.41, 5.74) is 7.16. The number of aliphatic hydroxyl groups is 1. The molecule has 0 atom stereocenters. The summed E-state index contributed by atoms with van der Waals surface area (Å²) in [4.78, 5) is 39.6. The number of aliphatic hydroxyl groups excluding tert-OH is 1. The van der Waals surface area contributed by atoms with Gasteiger partial charge in [-0.2, -0.15) is 5.10 Å². The number of unbranched alkanes of at least 4 members (excludes halogenated alkanes) is 1. The van der Waals surface area contributed by atoms with Gasteiger partial charge in [-0.05, 0) is 31.1 Å². The molecule has 0 bridgehead atoms. The van der Waals surface area contributed by atoms with Crippen LogP contribution in [0, 0.1) is 0 Å². The maximum absolute atomic E-state index is 12.7. The minimum atomic E-state index is -0.965. The minimum Gasteiger partial charge on any atom is -0.512 e. The summed E-state index contributed by atoms with van der Waals surface area (Å²) in [5, 5.41) is 33.2. The second-order valence-corrected chi connectivity index (χ2v) is 10.5. The smallest absolute Gasteiger partial charge is 0.317 e. The number of hydrazine groups is 1.